The number of halogens is 2. The van der Waals surface area contributed by atoms with Crippen molar-refractivity contribution in [3.8, 4) is 0 Å². The van der Waals surface area contributed by atoms with Crippen LogP contribution in [0, 0.1) is 6.92 Å². The molecule has 0 aliphatic carbocycles. The van der Waals surface area contributed by atoms with Gasteiger partial charge in [0.05, 0.1) is 5.54 Å². The van der Waals surface area contributed by atoms with Gasteiger partial charge >= 0.3 is 0 Å². The lowest BCUT2D eigenvalue weighted by Gasteiger charge is -2.23. The number of rotatable bonds is 4. The zero-order chi connectivity index (χ0) is 13.1. The molecule has 5 heteroatoms. The molecule has 1 amide bonds. The number of nitrogens with two attached hydrogens (primary N) is 1. The Morgan fingerprint density at radius 2 is 2.11 bits per heavy atom. The first kappa shape index (κ1) is 17.4. The Kier molecular flexibility index (Phi) is 6.89. The van der Waals surface area contributed by atoms with Gasteiger partial charge in [0.25, 0.3) is 0 Å². The maximum atomic E-state index is 12.0. The lowest BCUT2D eigenvalue weighted by atomic mass is 9.96. The summed E-state index contributed by atoms with van der Waals surface area (Å²) in [5.74, 6) is -0.134. The van der Waals surface area contributed by atoms with Gasteiger partial charge in [-0.2, -0.15) is 0 Å². The summed E-state index contributed by atoms with van der Waals surface area (Å²) in [5, 5.41) is 2.88. The normalized spacial score (nSPS) is 13.4. The molecule has 18 heavy (non-hydrogen) atoms. The molecule has 0 aromatic heterocycles. The molecule has 0 heterocycles. The molecule has 1 aromatic carbocycles. The summed E-state index contributed by atoms with van der Waals surface area (Å²) in [6.07, 6.45) is 1.56. The fourth-order valence-electron chi connectivity index (χ4n) is 1.67. The van der Waals surface area contributed by atoms with E-state index in [4.69, 9.17) is 5.73 Å². The van der Waals surface area contributed by atoms with Crippen molar-refractivity contribution in [1.29, 1.82) is 0 Å². The summed E-state index contributed by atoms with van der Waals surface area (Å²) in [6, 6.07) is 5.74. The first-order chi connectivity index (χ1) is 7.86. The molecular formula is C13H20BrClN2O. The van der Waals surface area contributed by atoms with Gasteiger partial charge < -0.3 is 11.1 Å². The predicted octanol–water partition coefficient (Wildman–Crippen LogP) is 3.64. The summed E-state index contributed by atoms with van der Waals surface area (Å²) < 4.78 is 0.997. The van der Waals surface area contributed by atoms with E-state index in [0.717, 1.165) is 22.1 Å². The van der Waals surface area contributed by atoms with Crippen LogP contribution in [0.2, 0.25) is 0 Å². The molecule has 0 aliphatic heterocycles. The van der Waals surface area contributed by atoms with Gasteiger partial charge in [0, 0.05) is 10.2 Å². The summed E-state index contributed by atoms with van der Waals surface area (Å²) in [7, 11) is 0. The molecule has 1 rings (SSSR count). The van der Waals surface area contributed by atoms with Gasteiger partial charge in [-0.3, -0.25) is 4.79 Å². The van der Waals surface area contributed by atoms with Crippen LogP contribution in [0.1, 0.15) is 32.3 Å². The predicted molar refractivity (Wildman–Crippen MR) is 82.3 cm³/mol. The molecule has 3 nitrogen and oxygen atoms in total. The zero-order valence-corrected chi connectivity index (χ0v) is 13.3. The minimum absolute atomic E-state index is 0. The van der Waals surface area contributed by atoms with Crippen molar-refractivity contribution < 1.29 is 4.79 Å². The third-order valence-corrected chi connectivity index (χ3v) is 3.22. The maximum Gasteiger partial charge on any atom is 0.244 e. The maximum absolute atomic E-state index is 12.0. The average Bonchev–Trinajstić information content (AvgIpc) is 2.22. The van der Waals surface area contributed by atoms with Crippen molar-refractivity contribution in [3.05, 3.63) is 28.2 Å². The average molecular weight is 336 g/mol. The number of amides is 1. The summed E-state index contributed by atoms with van der Waals surface area (Å²) in [5.41, 5.74) is 6.99. The molecule has 3 N–H and O–H groups in total. The fourth-order valence-corrected chi connectivity index (χ4v) is 2.14. The van der Waals surface area contributed by atoms with E-state index in [1.165, 1.54) is 0 Å². The van der Waals surface area contributed by atoms with Crippen molar-refractivity contribution in [1.82, 2.24) is 0 Å². The van der Waals surface area contributed by atoms with Crippen molar-refractivity contribution in [3.63, 3.8) is 0 Å². The highest BCUT2D eigenvalue weighted by Crippen LogP contribution is 2.21. The topological polar surface area (TPSA) is 55.1 Å². The molecule has 1 atom stereocenters. The van der Waals surface area contributed by atoms with E-state index in [1.54, 1.807) is 6.92 Å². The molecule has 1 aromatic rings. The van der Waals surface area contributed by atoms with E-state index in [0.29, 0.717) is 6.42 Å². The standard InChI is InChI=1S/C13H19BrN2O.ClH/c1-4-7-13(3,15)12(17)16-11-6-5-10(14)8-9(11)2;/h5-6,8H,4,7,15H2,1-3H3,(H,16,17);1H. The Hall–Kier alpha value is -0.580. The monoisotopic (exact) mass is 334 g/mol. The van der Waals surface area contributed by atoms with Gasteiger partial charge in [0.2, 0.25) is 5.91 Å². The molecule has 0 saturated carbocycles. The Labute approximate surface area is 123 Å². The molecular weight excluding hydrogens is 316 g/mol. The van der Waals surface area contributed by atoms with Crippen LogP contribution < -0.4 is 11.1 Å². The molecule has 0 radical (unpaired) electrons. The van der Waals surface area contributed by atoms with Gasteiger partial charge in [-0.15, -0.1) is 12.4 Å². The van der Waals surface area contributed by atoms with E-state index < -0.39 is 5.54 Å². The highest BCUT2D eigenvalue weighted by molar-refractivity contribution is 9.10. The number of anilines is 1. The van der Waals surface area contributed by atoms with E-state index >= 15 is 0 Å². The minimum atomic E-state index is -0.811. The van der Waals surface area contributed by atoms with Crippen LogP contribution in [-0.2, 0) is 4.79 Å². The lowest BCUT2D eigenvalue weighted by Crippen LogP contribution is -2.48. The summed E-state index contributed by atoms with van der Waals surface area (Å²) in [4.78, 5) is 12.0. The SMILES string of the molecule is CCCC(C)(N)C(=O)Nc1ccc(Br)cc1C.Cl. The zero-order valence-electron chi connectivity index (χ0n) is 10.9. The largest absolute Gasteiger partial charge is 0.324 e. The number of carbonyl (C=O) groups excluding carboxylic acids is 1. The van der Waals surface area contributed by atoms with E-state index in [9.17, 15) is 4.79 Å². The highest BCUT2D eigenvalue weighted by atomic mass is 79.9. The first-order valence-electron chi connectivity index (χ1n) is 5.73. The lowest BCUT2D eigenvalue weighted by molar-refractivity contribution is -0.120. The Morgan fingerprint density at radius 1 is 1.50 bits per heavy atom. The van der Waals surface area contributed by atoms with Gasteiger partial charge in [0.15, 0.2) is 0 Å². The number of hydrogen-bond donors (Lipinski definition) is 2. The quantitative estimate of drug-likeness (QED) is 0.882. The molecule has 0 saturated heterocycles. The van der Waals surface area contributed by atoms with Gasteiger partial charge in [0.1, 0.15) is 0 Å². The van der Waals surface area contributed by atoms with Crippen LogP contribution in [0.25, 0.3) is 0 Å². The third kappa shape index (κ3) is 4.59. The summed E-state index contributed by atoms with van der Waals surface area (Å²) >= 11 is 3.39. The Bertz CT molecular complexity index is 421. The van der Waals surface area contributed by atoms with E-state index in [2.05, 4.69) is 21.2 Å². The van der Waals surface area contributed by atoms with Crippen LogP contribution in [-0.4, -0.2) is 11.4 Å². The highest BCUT2D eigenvalue weighted by Gasteiger charge is 2.27. The summed E-state index contributed by atoms with van der Waals surface area (Å²) in [6.45, 7) is 5.73. The third-order valence-electron chi connectivity index (χ3n) is 2.72. The van der Waals surface area contributed by atoms with Crippen molar-refractivity contribution >= 4 is 39.9 Å². The van der Waals surface area contributed by atoms with E-state index in [-0.39, 0.29) is 18.3 Å². The van der Waals surface area contributed by atoms with Crippen LogP contribution in [0.5, 0.6) is 0 Å². The molecule has 0 fully saturated rings. The van der Waals surface area contributed by atoms with Crippen LogP contribution in [0.4, 0.5) is 5.69 Å². The van der Waals surface area contributed by atoms with Crippen LogP contribution in [0.3, 0.4) is 0 Å². The first-order valence-corrected chi connectivity index (χ1v) is 6.52. The van der Waals surface area contributed by atoms with Crippen molar-refractivity contribution in [2.45, 2.75) is 39.2 Å². The Morgan fingerprint density at radius 3 is 2.61 bits per heavy atom. The number of aryl methyl sites for hydroxylation is 1. The van der Waals surface area contributed by atoms with E-state index in [1.807, 2.05) is 32.0 Å². The number of hydrogen-bond acceptors (Lipinski definition) is 2. The minimum Gasteiger partial charge on any atom is -0.324 e. The second-order valence-corrected chi connectivity index (χ2v) is 5.50. The molecule has 0 spiro atoms. The number of benzene rings is 1. The van der Waals surface area contributed by atoms with Gasteiger partial charge in [-0.25, -0.2) is 0 Å². The van der Waals surface area contributed by atoms with Crippen molar-refractivity contribution in [2.24, 2.45) is 5.73 Å². The van der Waals surface area contributed by atoms with Crippen LogP contribution >= 0.6 is 28.3 Å². The molecule has 0 aliphatic rings. The second kappa shape index (κ2) is 7.12. The number of carbonyl (C=O) groups is 1. The number of nitrogens with one attached hydrogen (secondary N) is 1. The van der Waals surface area contributed by atoms with Crippen molar-refractivity contribution in [2.75, 3.05) is 5.32 Å². The molecule has 1 unspecified atom stereocenters. The molecule has 0 bridgehead atoms. The van der Waals surface area contributed by atoms with Crippen LogP contribution in [0.15, 0.2) is 22.7 Å². The van der Waals surface area contributed by atoms with Gasteiger partial charge in [-0.05, 0) is 44.0 Å². The smallest absolute Gasteiger partial charge is 0.244 e. The van der Waals surface area contributed by atoms with Gasteiger partial charge in [-0.1, -0.05) is 29.3 Å². The molecule has 102 valence electrons. The second-order valence-electron chi connectivity index (χ2n) is 4.58. The Balaban J connectivity index is 0.00000289. The fraction of sp³-hybridized carbons (Fsp3) is 0.462.